The molecule has 0 aromatic rings. The first kappa shape index (κ1) is 12.0. The quantitative estimate of drug-likeness (QED) is 0.691. The molecule has 1 fully saturated rings. The van der Waals surface area contributed by atoms with Gasteiger partial charge in [0.1, 0.15) is 0 Å². The van der Waals surface area contributed by atoms with Gasteiger partial charge in [-0.25, -0.2) is 0 Å². The molecule has 0 spiro atoms. The Bertz CT molecular complexity index is 145. The Morgan fingerprint density at radius 2 is 2.00 bits per heavy atom. The largest absolute Gasteiger partial charge is 0.393 e. The van der Waals surface area contributed by atoms with Gasteiger partial charge in [-0.15, -0.1) is 0 Å². The summed E-state index contributed by atoms with van der Waals surface area (Å²) >= 11 is 0. The van der Waals surface area contributed by atoms with Gasteiger partial charge in [0.05, 0.1) is 6.10 Å². The SMILES string of the molecule is CC(C)COCCC1CCCCC1O. The van der Waals surface area contributed by atoms with Crippen molar-refractivity contribution in [3.8, 4) is 0 Å². The Hall–Kier alpha value is -0.0800. The van der Waals surface area contributed by atoms with Crippen molar-refractivity contribution in [1.29, 1.82) is 0 Å². The summed E-state index contributed by atoms with van der Waals surface area (Å²) in [4.78, 5) is 0. The molecule has 84 valence electrons. The van der Waals surface area contributed by atoms with Gasteiger partial charge in [-0.05, 0) is 31.1 Å². The summed E-state index contributed by atoms with van der Waals surface area (Å²) in [5.41, 5.74) is 0. The topological polar surface area (TPSA) is 29.5 Å². The summed E-state index contributed by atoms with van der Waals surface area (Å²) in [5, 5.41) is 9.72. The van der Waals surface area contributed by atoms with E-state index in [1.165, 1.54) is 19.3 Å². The van der Waals surface area contributed by atoms with E-state index in [4.69, 9.17) is 4.74 Å². The van der Waals surface area contributed by atoms with Crippen LogP contribution in [0.2, 0.25) is 0 Å². The first-order valence-corrected chi connectivity index (χ1v) is 5.96. The van der Waals surface area contributed by atoms with Crippen LogP contribution in [-0.2, 0) is 4.74 Å². The minimum absolute atomic E-state index is 0.0635. The van der Waals surface area contributed by atoms with Crippen LogP contribution in [0.4, 0.5) is 0 Å². The summed E-state index contributed by atoms with van der Waals surface area (Å²) in [7, 11) is 0. The van der Waals surface area contributed by atoms with E-state index in [0.29, 0.717) is 11.8 Å². The highest BCUT2D eigenvalue weighted by molar-refractivity contribution is 4.74. The maximum absolute atomic E-state index is 9.72. The molecule has 2 nitrogen and oxygen atoms in total. The van der Waals surface area contributed by atoms with Gasteiger partial charge in [-0.3, -0.25) is 0 Å². The predicted molar refractivity (Wildman–Crippen MR) is 58.2 cm³/mol. The number of aliphatic hydroxyl groups excluding tert-OH is 1. The summed E-state index contributed by atoms with van der Waals surface area (Å²) in [6.45, 7) is 5.99. The first-order valence-electron chi connectivity index (χ1n) is 5.96. The van der Waals surface area contributed by atoms with Crippen LogP contribution in [0, 0.1) is 11.8 Å². The van der Waals surface area contributed by atoms with Crippen LogP contribution in [0.3, 0.4) is 0 Å². The standard InChI is InChI=1S/C12H24O2/c1-10(2)9-14-8-7-11-5-3-4-6-12(11)13/h10-13H,3-9H2,1-2H3. The van der Waals surface area contributed by atoms with E-state index in [0.717, 1.165) is 26.1 Å². The molecule has 1 rings (SSSR count). The van der Waals surface area contributed by atoms with Crippen molar-refractivity contribution < 1.29 is 9.84 Å². The molecule has 1 aliphatic rings. The third-order valence-corrected chi connectivity index (χ3v) is 2.95. The summed E-state index contributed by atoms with van der Waals surface area (Å²) < 4.78 is 5.54. The Balaban J connectivity index is 2.04. The van der Waals surface area contributed by atoms with Gasteiger partial charge >= 0.3 is 0 Å². The summed E-state index contributed by atoms with van der Waals surface area (Å²) in [6, 6.07) is 0. The molecule has 0 bridgehead atoms. The molecule has 1 aliphatic carbocycles. The van der Waals surface area contributed by atoms with E-state index in [2.05, 4.69) is 13.8 Å². The number of hydrogen-bond donors (Lipinski definition) is 1. The summed E-state index contributed by atoms with van der Waals surface area (Å²) in [5.74, 6) is 1.11. The lowest BCUT2D eigenvalue weighted by Crippen LogP contribution is -2.25. The molecule has 0 radical (unpaired) electrons. The van der Waals surface area contributed by atoms with Gasteiger partial charge in [0, 0.05) is 13.2 Å². The number of ether oxygens (including phenoxy) is 1. The fourth-order valence-electron chi connectivity index (χ4n) is 2.08. The van der Waals surface area contributed by atoms with E-state index in [9.17, 15) is 5.11 Å². The molecule has 2 atom stereocenters. The van der Waals surface area contributed by atoms with Crippen molar-refractivity contribution in [2.45, 2.75) is 52.1 Å². The average Bonchev–Trinajstić information content (AvgIpc) is 2.15. The monoisotopic (exact) mass is 200 g/mol. The van der Waals surface area contributed by atoms with Crippen molar-refractivity contribution >= 4 is 0 Å². The van der Waals surface area contributed by atoms with Crippen molar-refractivity contribution in [2.75, 3.05) is 13.2 Å². The molecular weight excluding hydrogens is 176 g/mol. The molecule has 1 saturated carbocycles. The molecule has 14 heavy (non-hydrogen) atoms. The Morgan fingerprint density at radius 1 is 1.29 bits per heavy atom. The van der Waals surface area contributed by atoms with E-state index in [1.807, 2.05) is 0 Å². The van der Waals surface area contributed by atoms with Crippen molar-refractivity contribution in [1.82, 2.24) is 0 Å². The third-order valence-electron chi connectivity index (χ3n) is 2.95. The number of aliphatic hydroxyl groups is 1. The Kier molecular flexibility index (Phi) is 5.49. The normalized spacial score (nSPS) is 28.3. The molecule has 0 aromatic heterocycles. The van der Waals surface area contributed by atoms with Gasteiger partial charge in [-0.2, -0.15) is 0 Å². The fourth-order valence-corrected chi connectivity index (χ4v) is 2.08. The van der Waals surface area contributed by atoms with Gasteiger partial charge in [-0.1, -0.05) is 26.7 Å². The van der Waals surface area contributed by atoms with Crippen molar-refractivity contribution in [3.05, 3.63) is 0 Å². The molecular formula is C12H24O2. The lowest BCUT2D eigenvalue weighted by atomic mass is 9.85. The lowest BCUT2D eigenvalue weighted by molar-refractivity contribution is 0.0348. The Labute approximate surface area is 87.7 Å². The van der Waals surface area contributed by atoms with E-state index in [1.54, 1.807) is 0 Å². The second-order valence-corrected chi connectivity index (χ2v) is 4.87. The van der Waals surface area contributed by atoms with Crippen LogP contribution >= 0.6 is 0 Å². The van der Waals surface area contributed by atoms with E-state index >= 15 is 0 Å². The maximum Gasteiger partial charge on any atom is 0.0569 e. The molecule has 1 N–H and O–H groups in total. The zero-order valence-electron chi connectivity index (χ0n) is 9.54. The van der Waals surface area contributed by atoms with Crippen LogP contribution in [-0.4, -0.2) is 24.4 Å². The smallest absolute Gasteiger partial charge is 0.0569 e. The fraction of sp³-hybridized carbons (Fsp3) is 1.00. The highest BCUT2D eigenvalue weighted by atomic mass is 16.5. The molecule has 0 amide bonds. The second kappa shape index (κ2) is 6.41. The van der Waals surface area contributed by atoms with E-state index < -0.39 is 0 Å². The average molecular weight is 200 g/mol. The minimum atomic E-state index is -0.0635. The van der Waals surface area contributed by atoms with Gasteiger partial charge < -0.3 is 9.84 Å². The maximum atomic E-state index is 9.72. The van der Waals surface area contributed by atoms with Crippen LogP contribution in [0.15, 0.2) is 0 Å². The van der Waals surface area contributed by atoms with Crippen molar-refractivity contribution in [2.24, 2.45) is 11.8 Å². The molecule has 2 heteroatoms. The minimum Gasteiger partial charge on any atom is -0.393 e. The van der Waals surface area contributed by atoms with Crippen LogP contribution in [0.1, 0.15) is 46.0 Å². The Morgan fingerprint density at radius 3 is 2.64 bits per heavy atom. The zero-order valence-corrected chi connectivity index (χ0v) is 9.54. The first-order chi connectivity index (χ1) is 6.70. The van der Waals surface area contributed by atoms with Gasteiger partial charge in [0.2, 0.25) is 0 Å². The predicted octanol–water partition coefficient (Wildman–Crippen LogP) is 2.60. The zero-order chi connectivity index (χ0) is 10.4. The highest BCUT2D eigenvalue weighted by Gasteiger charge is 2.22. The van der Waals surface area contributed by atoms with Gasteiger partial charge in [0.25, 0.3) is 0 Å². The van der Waals surface area contributed by atoms with Crippen LogP contribution in [0.25, 0.3) is 0 Å². The second-order valence-electron chi connectivity index (χ2n) is 4.87. The number of rotatable bonds is 5. The van der Waals surface area contributed by atoms with Crippen molar-refractivity contribution in [3.63, 3.8) is 0 Å². The van der Waals surface area contributed by atoms with Crippen LogP contribution in [0.5, 0.6) is 0 Å². The molecule has 0 heterocycles. The lowest BCUT2D eigenvalue weighted by Gasteiger charge is -2.27. The molecule has 0 aliphatic heterocycles. The van der Waals surface area contributed by atoms with Gasteiger partial charge in [0.15, 0.2) is 0 Å². The molecule has 2 unspecified atom stereocenters. The van der Waals surface area contributed by atoms with Crippen LogP contribution < -0.4 is 0 Å². The highest BCUT2D eigenvalue weighted by Crippen LogP contribution is 2.26. The van der Waals surface area contributed by atoms with E-state index in [-0.39, 0.29) is 6.10 Å². The number of hydrogen-bond acceptors (Lipinski definition) is 2. The summed E-state index contributed by atoms with van der Waals surface area (Å²) in [6.07, 6.45) is 5.64. The third kappa shape index (κ3) is 4.43. The molecule has 0 saturated heterocycles. The molecule has 0 aromatic carbocycles.